The molecule has 0 bridgehead atoms. The summed E-state index contributed by atoms with van der Waals surface area (Å²) in [7, 11) is 0. The van der Waals surface area contributed by atoms with Gasteiger partial charge in [-0.2, -0.15) is 0 Å². The molecule has 2 atom stereocenters. The number of likely N-dealkylation sites (tertiary alicyclic amines) is 1. The Kier molecular flexibility index (Phi) is 3.91. The molecule has 1 saturated heterocycles. The molecule has 0 radical (unpaired) electrons. The molecule has 1 aliphatic rings. The molecule has 1 rings (SSSR count). The molecule has 76 valence electrons. The summed E-state index contributed by atoms with van der Waals surface area (Å²) in [5.41, 5.74) is 0. The second kappa shape index (κ2) is 4.75. The standard InChI is InChI=1S/C11H21NO/c1-4-11-6-5-7-12(11)9(2)8-10(3)13/h9,11H,4-8H2,1-3H3. The van der Waals surface area contributed by atoms with E-state index in [9.17, 15) is 4.79 Å². The van der Waals surface area contributed by atoms with Crippen molar-refractivity contribution >= 4 is 5.78 Å². The molecule has 0 aliphatic carbocycles. The molecular weight excluding hydrogens is 162 g/mol. The van der Waals surface area contributed by atoms with Gasteiger partial charge in [-0.3, -0.25) is 9.69 Å². The van der Waals surface area contributed by atoms with E-state index in [1.165, 1.54) is 25.8 Å². The third-order valence-electron chi connectivity index (χ3n) is 3.04. The normalized spacial score (nSPS) is 26.2. The van der Waals surface area contributed by atoms with Gasteiger partial charge >= 0.3 is 0 Å². The van der Waals surface area contributed by atoms with E-state index in [0.717, 1.165) is 12.5 Å². The van der Waals surface area contributed by atoms with E-state index >= 15 is 0 Å². The predicted octanol–water partition coefficient (Wildman–Crippen LogP) is 2.23. The fourth-order valence-electron chi connectivity index (χ4n) is 2.41. The number of hydrogen-bond donors (Lipinski definition) is 0. The largest absolute Gasteiger partial charge is 0.300 e. The lowest BCUT2D eigenvalue weighted by molar-refractivity contribution is -0.118. The summed E-state index contributed by atoms with van der Waals surface area (Å²) in [5, 5.41) is 0. The van der Waals surface area contributed by atoms with Crippen LogP contribution >= 0.6 is 0 Å². The zero-order valence-corrected chi connectivity index (χ0v) is 9.05. The quantitative estimate of drug-likeness (QED) is 0.666. The Labute approximate surface area is 81.3 Å². The van der Waals surface area contributed by atoms with E-state index in [1.54, 1.807) is 6.92 Å². The molecule has 0 aromatic carbocycles. The van der Waals surface area contributed by atoms with Gasteiger partial charge in [0.15, 0.2) is 0 Å². The Bertz CT molecular complexity index is 179. The van der Waals surface area contributed by atoms with Gasteiger partial charge in [-0.05, 0) is 39.7 Å². The van der Waals surface area contributed by atoms with E-state index < -0.39 is 0 Å². The van der Waals surface area contributed by atoms with Gasteiger partial charge in [-0.15, -0.1) is 0 Å². The van der Waals surface area contributed by atoms with Crippen LogP contribution in [0.2, 0.25) is 0 Å². The van der Waals surface area contributed by atoms with Gasteiger partial charge in [0.05, 0.1) is 0 Å². The fraction of sp³-hybridized carbons (Fsp3) is 0.909. The lowest BCUT2D eigenvalue weighted by Crippen LogP contribution is -2.37. The van der Waals surface area contributed by atoms with Crippen molar-refractivity contribution in [3.63, 3.8) is 0 Å². The van der Waals surface area contributed by atoms with E-state index in [2.05, 4.69) is 18.7 Å². The van der Waals surface area contributed by atoms with Crippen molar-refractivity contribution in [3.05, 3.63) is 0 Å². The topological polar surface area (TPSA) is 20.3 Å². The van der Waals surface area contributed by atoms with Crippen LogP contribution in [0.4, 0.5) is 0 Å². The van der Waals surface area contributed by atoms with E-state index in [0.29, 0.717) is 11.8 Å². The average molecular weight is 183 g/mol. The van der Waals surface area contributed by atoms with Crippen molar-refractivity contribution in [1.29, 1.82) is 0 Å². The maximum Gasteiger partial charge on any atom is 0.131 e. The molecule has 1 aliphatic heterocycles. The van der Waals surface area contributed by atoms with Crippen LogP contribution in [0.1, 0.15) is 46.5 Å². The van der Waals surface area contributed by atoms with Crippen LogP contribution in [-0.2, 0) is 4.79 Å². The van der Waals surface area contributed by atoms with E-state index in [1.807, 2.05) is 0 Å². The molecule has 0 spiro atoms. The highest BCUT2D eigenvalue weighted by molar-refractivity contribution is 5.76. The van der Waals surface area contributed by atoms with Crippen LogP contribution < -0.4 is 0 Å². The molecule has 2 heteroatoms. The van der Waals surface area contributed by atoms with Gasteiger partial charge in [0, 0.05) is 18.5 Å². The molecule has 2 unspecified atom stereocenters. The maximum atomic E-state index is 11.0. The van der Waals surface area contributed by atoms with Gasteiger partial charge in [0.25, 0.3) is 0 Å². The number of ketones is 1. The first-order chi connectivity index (χ1) is 6.15. The predicted molar refractivity (Wildman–Crippen MR) is 54.8 cm³/mol. The Hall–Kier alpha value is -0.370. The molecule has 1 fully saturated rings. The Morgan fingerprint density at radius 3 is 2.85 bits per heavy atom. The van der Waals surface area contributed by atoms with Crippen molar-refractivity contribution < 1.29 is 4.79 Å². The lowest BCUT2D eigenvalue weighted by Gasteiger charge is -2.29. The third-order valence-corrected chi connectivity index (χ3v) is 3.04. The molecule has 0 aromatic heterocycles. The highest BCUT2D eigenvalue weighted by Gasteiger charge is 2.27. The van der Waals surface area contributed by atoms with Gasteiger partial charge in [0.2, 0.25) is 0 Å². The Balaban J connectivity index is 2.44. The highest BCUT2D eigenvalue weighted by atomic mass is 16.1. The molecule has 1 heterocycles. The second-order valence-electron chi connectivity index (χ2n) is 4.20. The summed E-state index contributed by atoms with van der Waals surface area (Å²) >= 11 is 0. The number of carbonyl (C=O) groups is 1. The molecule has 0 amide bonds. The zero-order valence-electron chi connectivity index (χ0n) is 9.05. The molecular formula is C11H21NO. The fourth-order valence-corrected chi connectivity index (χ4v) is 2.41. The van der Waals surface area contributed by atoms with Crippen molar-refractivity contribution in [2.24, 2.45) is 0 Å². The minimum atomic E-state index is 0.314. The minimum Gasteiger partial charge on any atom is -0.300 e. The first-order valence-electron chi connectivity index (χ1n) is 5.40. The number of nitrogens with zero attached hydrogens (tertiary/aromatic N) is 1. The smallest absolute Gasteiger partial charge is 0.131 e. The molecule has 2 nitrogen and oxygen atoms in total. The third kappa shape index (κ3) is 2.80. The van der Waals surface area contributed by atoms with Crippen LogP contribution in [0.15, 0.2) is 0 Å². The van der Waals surface area contributed by atoms with Crippen molar-refractivity contribution in [2.45, 2.75) is 58.5 Å². The van der Waals surface area contributed by atoms with Crippen molar-refractivity contribution in [1.82, 2.24) is 4.90 Å². The molecule has 0 aromatic rings. The summed E-state index contributed by atoms with van der Waals surface area (Å²) in [6.07, 6.45) is 4.57. The number of carbonyl (C=O) groups excluding carboxylic acids is 1. The SMILES string of the molecule is CCC1CCCN1C(C)CC(C)=O. The zero-order chi connectivity index (χ0) is 9.84. The maximum absolute atomic E-state index is 11.0. The van der Waals surface area contributed by atoms with Gasteiger partial charge in [0.1, 0.15) is 5.78 Å². The van der Waals surface area contributed by atoms with Crippen LogP contribution in [0.25, 0.3) is 0 Å². The summed E-state index contributed by atoms with van der Waals surface area (Å²) < 4.78 is 0. The van der Waals surface area contributed by atoms with Crippen LogP contribution in [-0.4, -0.2) is 29.3 Å². The first kappa shape index (κ1) is 10.7. The van der Waals surface area contributed by atoms with Gasteiger partial charge < -0.3 is 0 Å². The second-order valence-corrected chi connectivity index (χ2v) is 4.20. The number of hydrogen-bond acceptors (Lipinski definition) is 2. The van der Waals surface area contributed by atoms with E-state index in [4.69, 9.17) is 0 Å². The summed E-state index contributed by atoms with van der Waals surface area (Å²) in [6, 6.07) is 1.18. The molecule has 0 N–H and O–H groups in total. The van der Waals surface area contributed by atoms with Crippen LogP contribution in [0, 0.1) is 0 Å². The van der Waals surface area contributed by atoms with Crippen molar-refractivity contribution in [2.75, 3.05) is 6.54 Å². The summed E-state index contributed by atoms with van der Waals surface area (Å²) in [5.74, 6) is 0.314. The summed E-state index contributed by atoms with van der Waals surface area (Å²) in [6.45, 7) is 7.29. The Morgan fingerprint density at radius 2 is 2.31 bits per heavy atom. The van der Waals surface area contributed by atoms with E-state index in [-0.39, 0.29) is 0 Å². The number of rotatable bonds is 4. The lowest BCUT2D eigenvalue weighted by atomic mass is 10.1. The van der Waals surface area contributed by atoms with Crippen molar-refractivity contribution in [3.8, 4) is 0 Å². The number of Topliss-reactive ketones (excluding diaryl/α,β-unsaturated/α-hetero) is 1. The average Bonchev–Trinajstić information content (AvgIpc) is 2.49. The monoisotopic (exact) mass is 183 g/mol. The first-order valence-corrected chi connectivity index (χ1v) is 5.40. The van der Waals surface area contributed by atoms with Gasteiger partial charge in [-0.25, -0.2) is 0 Å². The highest BCUT2D eigenvalue weighted by Crippen LogP contribution is 2.23. The van der Waals surface area contributed by atoms with Crippen LogP contribution in [0.3, 0.4) is 0 Å². The van der Waals surface area contributed by atoms with Crippen LogP contribution in [0.5, 0.6) is 0 Å². The minimum absolute atomic E-state index is 0.314. The Morgan fingerprint density at radius 1 is 1.62 bits per heavy atom. The molecule has 0 saturated carbocycles. The summed E-state index contributed by atoms with van der Waals surface area (Å²) in [4.78, 5) is 13.5. The van der Waals surface area contributed by atoms with Gasteiger partial charge in [-0.1, -0.05) is 6.92 Å². The molecule has 13 heavy (non-hydrogen) atoms.